The summed E-state index contributed by atoms with van der Waals surface area (Å²) >= 11 is 0. The maximum atomic E-state index is 13.5. The molecule has 2 unspecified atom stereocenters. The van der Waals surface area contributed by atoms with Crippen LogP contribution >= 0.6 is 0 Å². The van der Waals surface area contributed by atoms with Crippen LogP contribution in [0.25, 0.3) is 11.1 Å². The van der Waals surface area contributed by atoms with Gasteiger partial charge in [-0.2, -0.15) is 0 Å². The van der Waals surface area contributed by atoms with Crippen molar-refractivity contribution in [2.24, 2.45) is 5.41 Å². The van der Waals surface area contributed by atoms with Crippen LogP contribution in [0.1, 0.15) is 60.7 Å². The number of fused-ring (bicyclic) bond motifs is 1. The lowest BCUT2D eigenvalue weighted by molar-refractivity contribution is -0.123. The number of ether oxygens (including phenoxy) is 1. The molecule has 2 atom stereocenters. The molecule has 0 spiro atoms. The van der Waals surface area contributed by atoms with Crippen molar-refractivity contribution in [1.82, 2.24) is 10.6 Å². The second-order valence-electron chi connectivity index (χ2n) is 10.1. The van der Waals surface area contributed by atoms with Gasteiger partial charge in [0.05, 0.1) is 0 Å². The van der Waals surface area contributed by atoms with Gasteiger partial charge in [0.25, 0.3) is 5.91 Å². The predicted octanol–water partition coefficient (Wildman–Crippen LogP) is 5.62. The van der Waals surface area contributed by atoms with Gasteiger partial charge in [-0.1, -0.05) is 51.1 Å². The highest BCUT2D eigenvalue weighted by Gasteiger charge is 2.40. The molecule has 6 heteroatoms. The highest BCUT2D eigenvalue weighted by Crippen LogP contribution is 2.47. The van der Waals surface area contributed by atoms with Gasteiger partial charge in [-0.15, -0.1) is 0 Å². The predicted molar refractivity (Wildman–Crippen MR) is 135 cm³/mol. The van der Waals surface area contributed by atoms with E-state index in [2.05, 4.69) is 31.4 Å². The molecule has 182 valence electrons. The summed E-state index contributed by atoms with van der Waals surface area (Å²) < 4.78 is 19.6. The third kappa shape index (κ3) is 5.53. The Labute approximate surface area is 205 Å². The van der Waals surface area contributed by atoms with Crippen molar-refractivity contribution >= 4 is 11.8 Å². The van der Waals surface area contributed by atoms with Crippen molar-refractivity contribution in [2.75, 3.05) is 13.6 Å². The molecule has 0 fully saturated rings. The third-order valence-corrected chi connectivity index (χ3v) is 6.25. The Kier molecular flexibility index (Phi) is 6.92. The fourth-order valence-electron chi connectivity index (χ4n) is 4.29. The van der Waals surface area contributed by atoms with E-state index in [1.807, 2.05) is 36.4 Å². The molecule has 0 saturated heterocycles. The number of amides is 2. The van der Waals surface area contributed by atoms with Gasteiger partial charge < -0.3 is 15.4 Å². The SMILES string of the molecule is CNC(=O)C1c2cc(-c3cccc(C(=O)NCCC(C)(C)C)c3)ccc2OC1c1ccc(F)cc1. The van der Waals surface area contributed by atoms with Gasteiger partial charge in [0, 0.05) is 24.7 Å². The van der Waals surface area contributed by atoms with Crippen LogP contribution in [-0.2, 0) is 4.79 Å². The van der Waals surface area contributed by atoms with E-state index in [1.165, 1.54) is 12.1 Å². The van der Waals surface area contributed by atoms with E-state index in [-0.39, 0.29) is 23.0 Å². The van der Waals surface area contributed by atoms with Crippen molar-refractivity contribution in [3.63, 3.8) is 0 Å². The summed E-state index contributed by atoms with van der Waals surface area (Å²) in [6.45, 7) is 7.04. The van der Waals surface area contributed by atoms with Crippen molar-refractivity contribution in [2.45, 2.75) is 39.2 Å². The molecule has 0 radical (unpaired) electrons. The van der Waals surface area contributed by atoms with Crippen molar-refractivity contribution in [3.8, 4) is 16.9 Å². The van der Waals surface area contributed by atoms with Gasteiger partial charge in [-0.3, -0.25) is 9.59 Å². The standard InChI is InChI=1S/C29H31FN2O3/c1-29(2,3)14-15-32-27(33)21-7-5-6-19(16-21)20-10-13-24-23(17-20)25(28(34)31-4)26(35-24)18-8-11-22(30)12-9-18/h5-13,16-17,25-26H,14-15H2,1-4H3,(H,31,34)(H,32,33). The smallest absolute Gasteiger partial charge is 0.251 e. The number of carbonyl (C=O) groups is 2. The fourth-order valence-corrected chi connectivity index (χ4v) is 4.29. The highest BCUT2D eigenvalue weighted by atomic mass is 19.1. The molecular weight excluding hydrogens is 443 g/mol. The zero-order chi connectivity index (χ0) is 25.2. The Hall–Kier alpha value is -3.67. The molecule has 1 aliphatic heterocycles. The third-order valence-electron chi connectivity index (χ3n) is 6.25. The van der Waals surface area contributed by atoms with Gasteiger partial charge in [-0.25, -0.2) is 4.39 Å². The minimum absolute atomic E-state index is 0.111. The minimum atomic E-state index is -0.579. The molecule has 1 heterocycles. The van der Waals surface area contributed by atoms with E-state index >= 15 is 0 Å². The topological polar surface area (TPSA) is 67.4 Å². The Morgan fingerprint density at radius 1 is 0.971 bits per heavy atom. The second-order valence-corrected chi connectivity index (χ2v) is 10.1. The maximum absolute atomic E-state index is 13.5. The van der Waals surface area contributed by atoms with E-state index in [0.29, 0.717) is 17.9 Å². The second kappa shape index (κ2) is 9.90. The van der Waals surface area contributed by atoms with Gasteiger partial charge >= 0.3 is 0 Å². The van der Waals surface area contributed by atoms with Crippen LogP contribution in [0.3, 0.4) is 0 Å². The molecule has 3 aromatic carbocycles. The first-order valence-electron chi connectivity index (χ1n) is 11.8. The number of hydrogen-bond acceptors (Lipinski definition) is 3. The quantitative estimate of drug-likeness (QED) is 0.487. The number of carbonyl (C=O) groups excluding carboxylic acids is 2. The highest BCUT2D eigenvalue weighted by molar-refractivity contribution is 5.95. The number of rotatable bonds is 6. The Balaban J connectivity index is 1.61. The monoisotopic (exact) mass is 474 g/mol. The Morgan fingerprint density at radius 2 is 1.69 bits per heavy atom. The molecule has 5 nitrogen and oxygen atoms in total. The number of halogens is 1. The number of benzene rings is 3. The molecule has 0 aliphatic carbocycles. The summed E-state index contributed by atoms with van der Waals surface area (Å²) in [5, 5.41) is 5.72. The average molecular weight is 475 g/mol. The Bertz CT molecular complexity index is 1230. The summed E-state index contributed by atoms with van der Waals surface area (Å²) in [5.41, 5.74) is 3.97. The van der Waals surface area contributed by atoms with Crippen molar-refractivity contribution in [3.05, 3.63) is 89.2 Å². The molecule has 0 bridgehead atoms. The van der Waals surface area contributed by atoms with Crippen molar-refractivity contribution in [1.29, 1.82) is 0 Å². The lowest BCUT2D eigenvalue weighted by atomic mass is 9.88. The van der Waals surface area contributed by atoms with Crippen LogP contribution in [0.15, 0.2) is 66.7 Å². The number of nitrogens with one attached hydrogen (secondary N) is 2. The van der Waals surface area contributed by atoms with E-state index < -0.39 is 12.0 Å². The normalized spacial score (nSPS) is 16.8. The minimum Gasteiger partial charge on any atom is -0.484 e. The average Bonchev–Trinajstić information content (AvgIpc) is 3.22. The van der Waals surface area contributed by atoms with Crippen LogP contribution in [0, 0.1) is 11.2 Å². The van der Waals surface area contributed by atoms with Crippen LogP contribution < -0.4 is 15.4 Å². The maximum Gasteiger partial charge on any atom is 0.251 e. The van der Waals surface area contributed by atoms with Crippen molar-refractivity contribution < 1.29 is 18.7 Å². The first-order chi connectivity index (χ1) is 16.7. The number of hydrogen-bond donors (Lipinski definition) is 2. The molecule has 35 heavy (non-hydrogen) atoms. The fraction of sp³-hybridized carbons (Fsp3) is 0.310. The molecule has 1 aliphatic rings. The summed E-state index contributed by atoms with van der Waals surface area (Å²) in [4.78, 5) is 25.6. The van der Waals surface area contributed by atoms with E-state index in [0.717, 1.165) is 28.7 Å². The summed E-state index contributed by atoms with van der Waals surface area (Å²) in [6.07, 6.45) is 0.333. The molecule has 2 N–H and O–H groups in total. The van der Waals surface area contributed by atoms with Crippen LogP contribution in [-0.4, -0.2) is 25.4 Å². The lowest BCUT2D eigenvalue weighted by Crippen LogP contribution is -2.28. The van der Waals surface area contributed by atoms with Gasteiger partial charge in [-0.05, 0) is 64.9 Å². The first kappa shape index (κ1) is 24.5. The van der Waals surface area contributed by atoms with Crippen LogP contribution in [0.4, 0.5) is 4.39 Å². The summed E-state index contributed by atoms with van der Waals surface area (Å²) in [7, 11) is 1.59. The molecular formula is C29H31FN2O3. The molecule has 2 amide bonds. The van der Waals surface area contributed by atoms with E-state index in [9.17, 15) is 14.0 Å². The van der Waals surface area contributed by atoms with Gasteiger partial charge in [0.1, 0.15) is 23.6 Å². The molecule has 3 aromatic rings. The van der Waals surface area contributed by atoms with Gasteiger partial charge in [0.15, 0.2) is 0 Å². The summed E-state index contributed by atoms with van der Waals surface area (Å²) in [5.74, 6) is -0.593. The molecule has 0 aromatic heterocycles. The number of likely N-dealkylation sites (N-methyl/N-ethyl adjacent to an activating group) is 1. The molecule has 4 rings (SSSR count). The lowest BCUT2D eigenvalue weighted by Gasteiger charge is -2.18. The zero-order valence-corrected chi connectivity index (χ0v) is 20.5. The molecule has 0 saturated carbocycles. The van der Waals surface area contributed by atoms with E-state index in [4.69, 9.17) is 4.74 Å². The zero-order valence-electron chi connectivity index (χ0n) is 20.5. The van der Waals surface area contributed by atoms with Crippen LogP contribution in [0.5, 0.6) is 5.75 Å². The Morgan fingerprint density at radius 3 is 2.37 bits per heavy atom. The van der Waals surface area contributed by atoms with Crippen LogP contribution in [0.2, 0.25) is 0 Å². The van der Waals surface area contributed by atoms with E-state index in [1.54, 1.807) is 25.2 Å². The largest absolute Gasteiger partial charge is 0.484 e. The van der Waals surface area contributed by atoms with Gasteiger partial charge in [0.2, 0.25) is 5.91 Å². The first-order valence-corrected chi connectivity index (χ1v) is 11.8. The summed E-state index contributed by atoms with van der Waals surface area (Å²) in [6, 6.07) is 19.2.